The molecule has 19 heavy (non-hydrogen) atoms. The first-order valence-corrected chi connectivity index (χ1v) is 6.37. The van der Waals surface area contributed by atoms with Crippen LogP contribution in [0, 0.1) is 0 Å². The van der Waals surface area contributed by atoms with E-state index in [9.17, 15) is 9.90 Å². The lowest BCUT2D eigenvalue weighted by Gasteiger charge is -2.33. The van der Waals surface area contributed by atoms with E-state index < -0.39 is 0 Å². The Morgan fingerprint density at radius 1 is 1.00 bits per heavy atom. The monoisotopic (exact) mass is 253 g/mol. The summed E-state index contributed by atoms with van der Waals surface area (Å²) in [5.74, 6) is -0.176. The first-order valence-electron chi connectivity index (χ1n) is 6.37. The fourth-order valence-electron chi connectivity index (χ4n) is 2.71. The van der Waals surface area contributed by atoms with Gasteiger partial charge < -0.3 is 10.4 Å². The van der Waals surface area contributed by atoms with E-state index in [4.69, 9.17) is 0 Å². The number of nitrogens with one attached hydrogen (secondary N) is 1. The molecule has 2 atom stereocenters. The van der Waals surface area contributed by atoms with Crippen LogP contribution in [0.15, 0.2) is 54.6 Å². The number of aliphatic hydroxyl groups is 1. The topological polar surface area (TPSA) is 49.3 Å². The maximum Gasteiger partial charge on any atom is 0.252 e. The van der Waals surface area contributed by atoms with Crippen LogP contribution in [0.3, 0.4) is 0 Å². The quantitative estimate of drug-likeness (QED) is 0.862. The molecule has 0 saturated heterocycles. The highest BCUT2D eigenvalue weighted by Gasteiger charge is 2.33. The van der Waals surface area contributed by atoms with E-state index in [0.29, 0.717) is 5.56 Å². The standard InChI is InChI=1S/C16H15NO2/c18-10-14-12-8-4-5-9-13(12)16(19)17-15(14)11-6-2-1-3-7-11/h1-9,14-15,18H,10H2,(H,17,19)/t14-,15+/m1/s1. The van der Waals surface area contributed by atoms with E-state index in [-0.39, 0.29) is 24.5 Å². The van der Waals surface area contributed by atoms with E-state index in [0.717, 1.165) is 11.1 Å². The van der Waals surface area contributed by atoms with Crippen molar-refractivity contribution in [2.45, 2.75) is 12.0 Å². The number of carbonyl (C=O) groups is 1. The molecule has 0 saturated carbocycles. The Kier molecular flexibility index (Phi) is 3.05. The number of aliphatic hydroxyl groups excluding tert-OH is 1. The van der Waals surface area contributed by atoms with Crippen LogP contribution in [0.1, 0.15) is 33.4 Å². The van der Waals surface area contributed by atoms with Crippen LogP contribution >= 0.6 is 0 Å². The van der Waals surface area contributed by atoms with Crippen LogP contribution in [0.2, 0.25) is 0 Å². The molecule has 3 heteroatoms. The molecule has 96 valence electrons. The van der Waals surface area contributed by atoms with Crippen LogP contribution in [0.5, 0.6) is 0 Å². The van der Waals surface area contributed by atoms with Gasteiger partial charge >= 0.3 is 0 Å². The second-order valence-corrected chi connectivity index (χ2v) is 4.74. The third-order valence-corrected chi connectivity index (χ3v) is 3.65. The van der Waals surface area contributed by atoms with Crippen molar-refractivity contribution >= 4 is 5.91 Å². The van der Waals surface area contributed by atoms with Crippen LogP contribution in [-0.2, 0) is 0 Å². The van der Waals surface area contributed by atoms with E-state index in [1.54, 1.807) is 6.07 Å². The number of hydrogen-bond donors (Lipinski definition) is 2. The number of amides is 1. The van der Waals surface area contributed by atoms with E-state index in [2.05, 4.69) is 5.32 Å². The van der Waals surface area contributed by atoms with Gasteiger partial charge in [0.1, 0.15) is 0 Å². The van der Waals surface area contributed by atoms with Gasteiger partial charge in [-0.05, 0) is 17.2 Å². The molecule has 0 aliphatic carbocycles. The largest absolute Gasteiger partial charge is 0.396 e. The predicted octanol–water partition coefficient (Wildman–Crippen LogP) is 2.25. The molecule has 1 aliphatic heterocycles. The number of hydrogen-bond acceptors (Lipinski definition) is 2. The first kappa shape index (κ1) is 11.9. The molecule has 0 aromatic heterocycles. The van der Waals surface area contributed by atoms with Gasteiger partial charge in [0.15, 0.2) is 0 Å². The fourth-order valence-corrected chi connectivity index (χ4v) is 2.71. The van der Waals surface area contributed by atoms with Crippen molar-refractivity contribution in [2.24, 2.45) is 0 Å². The summed E-state index contributed by atoms with van der Waals surface area (Å²) >= 11 is 0. The Bertz CT molecular complexity index is 595. The zero-order valence-corrected chi connectivity index (χ0v) is 10.4. The molecule has 3 nitrogen and oxygen atoms in total. The fraction of sp³-hybridized carbons (Fsp3) is 0.188. The van der Waals surface area contributed by atoms with E-state index in [1.807, 2.05) is 48.5 Å². The molecule has 1 amide bonds. The summed E-state index contributed by atoms with van der Waals surface area (Å²) in [7, 11) is 0. The van der Waals surface area contributed by atoms with Crippen LogP contribution < -0.4 is 5.32 Å². The van der Waals surface area contributed by atoms with Crippen molar-refractivity contribution in [3.63, 3.8) is 0 Å². The summed E-state index contributed by atoms with van der Waals surface area (Å²) in [6.45, 7) is 0.0108. The molecule has 0 radical (unpaired) electrons. The summed E-state index contributed by atoms with van der Waals surface area (Å²) in [6.07, 6.45) is 0. The third kappa shape index (κ3) is 2.02. The normalized spacial score (nSPS) is 21.6. The second kappa shape index (κ2) is 4.86. The van der Waals surface area contributed by atoms with Crippen LogP contribution in [-0.4, -0.2) is 17.6 Å². The maximum absolute atomic E-state index is 12.1. The minimum Gasteiger partial charge on any atom is -0.396 e. The van der Waals surface area contributed by atoms with Crippen molar-refractivity contribution in [2.75, 3.05) is 6.61 Å². The molecule has 1 heterocycles. The van der Waals surface area contributed by atoms with Crippen LogP contribution in [0.4, 0.5) is 0 Å². The van der Waals surface area contributed by atoms with Gasteiger partial charge in [-0.3, -0.25) is 4.79 Å². The molecule has 2 aromatic rings. The molecule has 1 aliphatic rings. The number of fused-ring (bicyclic) bond motifs is 1. The molecule has 0 spiro atoms. The number of rotatable bonds is 2. The van der Waals surface area contributed by atoms with Crippen molar-refractivity contribution in [1.29, 1.82) is 0 Å². The molecule has 3 rings (SSSR count). The molecule has 0 unspecified atom stereocenters. The zero-order valence-electron chi connectivity index (χ0n) is 10.4. The minimum absolute atomic E-state index is 0.0108. The number of carbonyl (C=O) groups excluding carboxylic acids is 1. The van der Waals surface area contributed by atoms with Gasteiger partial charge in [0, 0.05) is 11.5 Å². The summed E-state index contributed by atoms with van der Waals surface area (Å²) in [6, 6.07) is 17.1. The van der Waals surface area contributed by atoms with Gasteiger partial charge in [0.25, 0.3) is 5.91 Å². The maximum atomic E-state index is 12.1. The third-order valence-electron chi connectivity index (χ3n) is 3.65. The van der Waals surface area contributed by atoms with Crippen LogP contribution in [0.25, 0.3) is 0 Å². The lowest BCUT2D eigenvalue weighted by atomic mass is 9.82. The Morgan fingerprint density at radius 2 is 1.68 bits per heavy atom. The Morgan fingerprint density at radius 3 is 2.42 bits per heavy atom. The second-order valence-electron chi connectivity index (χ2n) is 4.74. The molecule has 2 N–H and O–H groups in total. The highest BCUT2D eigenvalue weighted by Crippen LogP contribution is 2.36. The van der Waals surface area contributed by atoms with Gasteiger partial charge in [-0.1, -0.05) is 48.5 Å². The average Bonchev–Trinajstić information content (AvgIpc) is 2.48. The first-order chi connectivity index (χ1) is 9.31. The molecule has 0 fully saturated rings. The SMILES string of the molecule is O=C1N[C@@H](c2ccccc2)[C@H](CO)c2ccccc21. The lowest BCUT2D eigenvalue weighted by Crippen LogP contribution is -2.39. The van der Waals surface area contributed by atoms with Gasteiger partial charge in [-0.15, -0.1) is 0 Å². The molecule has 2 aromatic carbocycles. The summed E-state index contributed by atoms with van der Waals surface area (Å²) in [5.41, 5.74) is 2.60. The van der Waals surface area contributed by atoms with Gasteiger partial charge in [0.05, 0.1) is 12.6 Å². The van der Waals surface area contributed by atoms with Crippen molar-refractivity contribution in [3.05, 3.63) is 71.3 Å². The smallest absolute Gasteiger partial charge is 0.252 e. The van der Waals surface area contributed by atoms with Gasteiger partial charge in [0.2, 0.25) is 0 Å². The van der Waals surface area contributed by atoms with Gasteiger partial charge in [-0.2, -0.15) is 0 Å². The highest BCUT2D eigenvalue weighted by molar-refractivity contribution is 5.97. The number of benzene rings is 2. The lowest BCUT2D eigenvalue weighted by molar-refractivity contribution is 0.0900. The zero-order chi connectivity index (χ0) is 13.2. The minimum atomic E-state index is -0.173. The Balaban J connectivity index is 2.08. The van der Waals surface area contributed by atoms with E-state index in [1.165, 1.54) is 0 Å². The molecular formula is C16H15NO2. The van der Waals surface area contributed by atoms with Crippen molar-refractivity contribution in [3.8, 4) is 0 Å². The van der Waals surface area contributed by atoms with Crippen molar-refractivity contribution < 1.29 is 9.90 Å². The average molecular weight is 253 g/mol. The highest BCUT2D eigenvalue weighted by atomic mass is 16.3. The molecular weight excluding hydrogens is 238 g/mol. The Labute approximate surface area is 111 Å². The van der Waals surface area contributed by atoms with Gasteiger partial charge in [-0.25, -0.2) is 0 Å². The van der Waals surface area contributed by atoms with Crippen molar-refractivity contribution in [1.82, 2.24) is 5.32 Å². The summed E-state index contributed by atoms with van der Waals surface area (Å²) in [4.78, 5) is 12.1. The predicted molar refractivity (Wildman–Crippen MR) is 72.9 cm³/mol. The van der Waals surface area contributed by atoms with E-state index >= 15 is 0 Å². The molecule has 0 bridgehead atoms. The Hall–Kier alpha value is -2.13. The summed E-state index contributed by atoms with van der Waals surface area (Å²) in [5, 5.41) is 12.7. The summed E-state index contributed by atoms with van der Waals surface area (Å²) < 4.78 is 0.